The third-order valence-electron chi connectivity index (χ3n) is 2.31. The van der Waals surface area contributed by atoms with Crippen molar-refractivity contribution < 1.29 is 13.9 Å². The van der Waals surface area contributed by atoms with Crippen molar-refractivity contribution >= 4 is 23.4 Å². The molecule has 0 atom stereocenters. The number of ether oxygens (including phenoxy) is 1. The zero-order chi connectivity index (χ0) is 13.0. The molecule has 1 aromatic carbocycles. The average molecular weight is 263 g/mol. The fourth-order valence-corrected chi connectivity index (χ4v) is 2.18. The summed E-state index contributed by atoms with van der Waals surface area (Å²) in [6, 6.07) is 11.0. The van der Waals surface area contributed by atoms with Gasteiger partial charge in [0.2, 0.25) is 5.76 Å². The Morgan fingerprint density at radius 1 is 1.28 bits per heavy atom. The number of anilines is 1. The number of nitrogen functional groups attached to an aromatic ring is 1. The fraction of sp³-hybridized carbons (Fsp3) is 0.154. The van der Waals surface area contributed by atoms with E-state index < -0.39 is 5.97 Å². The summed E-state index contributed by atoms with van der Waals surface area (Å²) in [7, 11) is 1.33. The molecule has 2 rings (SSSR count). The van der Waals surface area contributed by atoms with E-state index in [0.717, 1.165) is 16.3 Å². The van der Waals surface area contributed by atoms with Crippen molar-refractivity contribution in [2.75, 3.05) is 12.8 Å². The van der Waals surface area contributed by atoms with Gasteiger partial charge < -0.3 is 14.9 Å². The zero-order valence-electron chi connectivity index (χ0n) is 9.88. The minimum absolute atomic E-state index is 0.227. The predicted molar refractivity (Wildman–Crippen MR) is 70.5 cm³/mol. The molecule has 0 saturated carbocycles. The van der Waals surface area contributed by atoms with Crippen LogP contribution in [0.1, 0.15) is 16.3 Å². The molecule has 1 aromatic heterocycles. The highest BCUT2D eigenvalue weighted by atomic mass is 32.2. The van der Waals surface area contributed by atoms with Crippen LogP contribution in [0.3, 0.4) is 0 Å². The number of methoxy groups -OCH3 is 1. The molecule has 0 amide bonds. The highest BCUT2D eigenvalue weighted by molar-refractivity contribution is 7.98. The van der Waals surface area contributed by atoms with Gasteiger partial charge in [-0.05, 0) is 36.4 Å². The Morgan fingerprint density at radius 2 is 2.00 bits per heavy atom. The van der Waals surface area contributed by atoms with E-state index in [-0.39, 0.29) is 5.76 Å². The molecule has 4 nitrogen and oxygen atoms in total. The van der Waals surface area contributed by atoms with Crippen LogP contribution in [0.15, 0.2) is 45.7 Å². The zero-order valence-corrected chi connectivity index (χ0v) is 10.7. The normalized spacial score (nSPS) is 10.3. The van der Waals surface area contributed by atoms with Gasteiger partial charge in [0.15, 0.2) is 0 Å². The fourth-order valence-electron chi connectivity index (χ4n) is 1.38. The maximum absolute atomic E-state index is 11.2. The molecule has 2 aromatic rings. The van der Waals surface area contributed by atoms with Crippen molar-refractivity contribution in [1.29, 1.82) is 0 Å². The van der Waals surface area contributed by atoms with Crippen molar-refractivity contribution in [1.82, 2.24) is 0 Å². The van der Waals surface area contributed by atoms with Gasteiger partial charge in [-0.15, -0.1) is 11.8 Å². The second-order valence-electron chi connectivity index (χ2n) is 3.62. The Morgan fingerprint density at radius 3 is 2.67 bits per heavy atom. The molecule has 1 heterocycles. The Hall–Kier alpha value is -1.88. The maximum Gasteiger partial charge on any atom is 0.373 e. The number of thioether (sulfide) groups is 1. The van der Waals surface area contributed by atoms with Crippen LogP contribution in [0.4, 0.5) is 5.69 Å². The first-order valence-corrected chi connectivity index (χ1v) is 6.33. The van der Waals surface area contributed by atoms with Gasteiger partial charge in [0, 0.05) is 10.6 Å². The summed E-state index contributed by atoms with van der Waals surface area (Å²) in [6.45, 7) is 0. The summed E-state index contributed by atoms with van der Waals surface area (Å²) < 4.78 is 9.93. The molecule has 0 saturated heterocycles. The minimum atomic E-state index is -0.460. The van der Waals surface area contributed by atoms with Crippen LogP contribution in [-0.4, -0.2) is 13.1 Å². The molecular formula is C13H13NO3S. The predicted octanol–water partition coefficient (Wildman–Crippen LogP) is 2.94. The molecule has 0 aliphatic rings. The number of carbonyl (C=O) groups excluding carboxylic acids is 1. The van der Waals surface area contributed by atoms with Crippen LogP contribution in [-0.2, 0) is 10.5 Å². The van der Waals surface area contributed by atoms with E-state index in [4.69, 9.17) is 10.2 Å². The van der Waals surface area contributed by atoms with Gasteiger partial charge in [0.25, 0.3) is 0 Å². The Kier molecular flexibility index (Phi) is 3.94. The average Bonchev–Trinajstić information content (AvgIpc) is 2.86. The second-order valence-corrected chi connectivity index (χ2v) is 4.66. The molecule has 18 heavy (non-hydrogen) atoms. The lowest BCUT2D eigenvalue weighted by atomic mass is 10.3. The summed E-state index contributed by atoms with van der Waals surface area (Å²) in [4.78, 5) is 12.3. The molecule has 0 unspecified atom stereocenters. The largest absolute Gasteiger partial charge is 0.463 e. The van der Waals surface area contributed by atoms with Crippen LogP contribution < -0.4 is 5.73 Å². The molecule has 0 radical (unpaired) electrons. The van der Waals surface area contributed by atoms with Crippen LogP contribution in [0, 0.1) is 0 Å². The molecular weight excluding hydrogens is 250 g/mol. The van der Waals surface area contributed by atoms with Gasteiger partial charge in [0.05, 0.1) is 12.9 Å². The lowest BCUT2D eigenvalue weighted by Gasteiger charge is -2.00. The van der Waals surface area contributed by atoms with Crippen LogP contribution >= 0.6 is 11.8 Å². The van der Waals surface area contributed by atoms with E-state index in [0.29, 0.717) is 5.75 Å². The highest BCUT2D eigenvalue weighted by Gasteiger charge is 2.10. The Bertz CT molecular complexity index is 533. The maximum atomic E-state index is 11.2. The molecule has 0 aliphatic heterocycles. The molecule has 94 valence electrons. The first-order chi connectivity index (χ1) is 8.69. The summed E-state index contributed by atoms with van der Waals surface area (Å²) in [6.07, 6.45) is 0. The van der Waals surface area contributed by atoms with Crippen molar-refractivity contribution in [3.05, 3.63) is 47.9 Å². The number of rotatable bonds is 4. The lowest BCUT2D eigenvalue weighted by molar-refractivity contribution is 0.0563. The summed E-state index contributed by atoms with van der Waals surface area (Å²) in [5.41, 5.74) is 6.35. The Balaban J connectivity index is 1.96. The van der Waals surface area contributed by atoms with Crippen molar-refractivity contribution in [2.45, 2.75) is 10.6 Å². The molecule has 5 heteroatoms. The Labute approximate surface area is 109 Å². The number of hydrogen-bond acceptors (Lipinski definition) is 5. The number of furan rings is 1. The monoisotopic (exact) mass is 263 g/mol. The van der Waals surface area contributed by atoms with E-state index in [1.54, 1.807) is 23.9 Å². The van der Waals surface area contributed by atoms with Gasteiger partial charge in [-0.1, -0.05) is 0 Å². The molecule has 0 spiro atoms. The summed E-state index contributed by atoms with van der Waals surface area (Å²) >= 11 is 1.61. The SMILES string of the molecule is COC(=O)c1ccc(CSc2ccc(N)cc2)o1. The molecule has 0 fully saturated rings. The third kappa shape index (κ3) is 3.07. The van der Waals surface area contributed by atoms with E-state index in [1.165, 1.54) is 7.11 Å². The minimum Gasteiger partial charge on any atom is -0.463 e. The summed E-state index contributed by atoms with van der Waals surface area (Å²) in [5.74, 6) is 1.15. The number of benzene rings is 1. The van der Waals surface area contributed by atoms with Crippen LogP contribution in [0.25, 0.3) is 0 Å². The quantitative estimate of drug-likeness (QED) is 0.522. The van der Waals surface area contributed by atoms with E-state index in [1.807, 2.05) is 24.3 Å². The number of hydrogen-bond donors (Lipinski definition) is 1. The van der Waals surface area contributed by atoms with Gasteiger partial charge in [-0.3, -0.25) is 0 Å². The van der Waals surface area contributed by atoms with Gasteiger partial charge in [-0.25, -0.2) is 4.79 Å². The highest BCUT2D eigenvalue weighted by Crippen LogP contribution is 2.24. The lowest BCUT2D eigenvalue weighted by Crippen LogP contribution is -1.98. The second kappa shape index (κ2) is 5.64. The molecule has 2 N–H and O–H groups in total. The van der Waals surface area contributed by atoms with Crippen LogP contribution in [0.2, 0.25) is 0 Å². The van der Waals surface area contributed by atoms with Crippen molar-refractivity contribution in [3.63, 3.8) is 0 Å². The number of esters is 1. The standard InChI is InChI=1S/C13H13NO3S/c1-16-13(15)12-7-4-10(17-12)8-18-11-5-2-9(14)3-6-11/h2-7H,8,14H2,1H3. The van der Waals surface area contributed by atoms with Gasteiger partial charge >= 0.3 is 5.97 Å². The van der Waals surface area contributed by atoms with Gasteiger partial charge in [-0.2, -0.15) is 0 Å². The third-order valence-corrected chi connectivity index (χ3v) is 3.34. The van der Waals surface area contributed by atoms with Crippen molar-refractivity contribution in [3.8, 4) is 0 Å². The first-order valence-electron chi connectivity index (χ1n) is 5.34. The molecule has 0 aliphatic carbocycles. The number of nitrogens with two attached hydrogens (primary N) is 1. The summed E-state index contributed by atoms with van der Waals surface area (Å²) in [5, 5.41) is 0. The smallest absolute Gasteiger partial charge is 0.373 e. The van der Waals surface area contributed by atoms with E-state index in [2.05, 4.69) is 4.74 Å². The van der Waals surface area contributed by atoms with E-state index >= 15 is 0 Å². The first kappa shape index (κ1) is 12.6. The topological polar surface area (TPSA) is 65.5 Å². The van der Waals surface area contributed by atoms with Crippen LogP contribution in [0.5, 0.6) is 0 Å². The van der Waals surface area contributed by atoms with Gasteiger partial charge in [0.1, 0.15) is 5.76 Å². The van der Waals surface area contributed by atoms with E-state index in [9.17, 15) is 4.79 Å². The number of carbonyl (C=O) groups is 1. The van der Waals surface area contributed by atoms with Crippen molar-refractivity contribution in [2.24, 2.45) is 0 Å². The molecule has 0 bridgehead atoms.